The molecule has 0 aromatic heterocycles. The molecule has 0 unspecified atom stereocenters. The molecule has 0 aliphatic heterocycles. The number of nitrogens with two attached hydrogens (primary N) is 1. The fourth-order valence-corrected chi connectivity index (χ4v) is 7.06. The number of hydrogen-bond donors (Lipinski definition) is 1. The summed E-state index contributed by atoms with van der Waals surface area (Å²) in [7, 11) is -3.26. The Kier molecular flexibility index (Phi) is 3.95. The van der Waals surface area contributed by atoms with Crippen LogP contribution < -0.4 is 5.73 Å². The van der Waals surface area contributed by atoms with Gasteiger partial charge in [0.1, 0.15) is 0 Å². The van der Waals surface area contributed by atoms with Crippen LogP contribution in [0.5, 0.6) is 0 Å². The van der Waals surface area contributed by atoms with Gasteiger partial charge in [0.05, 0.1) is 18.5 Å². The van der Waals surface area contributed by atoms with E-state index in [0.29, 0.717) is 36.9 Å². The molecule has 0 radical (unpaired) electrons. The van der Waals surface area contributed by atoms with E-state index in [2.05, 4.69) is 18.2 Å². The molecule has 0 amide bonds. The van der Waals surface area contributed by atoms with Crippen molar-refractivity contribution in [2.24, 2.45) is 23.7 Å². The van der Waals surface area contributed by atoms with Crippen LogP contribution in [0.1, 0.15) is 25.8 Å². The molecule has 4 rings (SSSR count). The van der Waals surface area contributed by atoms with Crippen molar-refractivity contribution in [3.8, 4) is 0 Å². The highest BCUT2D eigenvalue weighted by Gasteiger charge is 2.60. The third-order valence-corrected chi connectivity index (χ3v) is 7.80. The van der Waals surface area contributed by atoms with Gasteiger partial charge in [-0.15, -0.1) is 0 Å². The standard InChI is InChI=1S/C19H24NO3P/c1-3-22-24(21,23-4-2)19-17(12-6-5-7-15(20)11-12)16-13-8-9-14(10-13)18(16)19/h5-9,11,13-14,16,18H,3-4,10,20H2,1-2H3/t13-,14+,16-,18-/m1/s1. The maximum absolute atomic E-state index is 13.5. The molecule has 1 aromatic carbocycles. The van der Waals surface area contributed by atoms with Gasteiger partial charge in [0.2, 0.25) is 0 Å². The molecule has 3 aliphatic carbocycles. The van der Waals surface area contributed by atoms with Crippen molar-refractivity contribution in [2.45, 2.75) is 20.3 Å². The molecule has 2 N–H and O–H groups in total. The normalized spacial score (nSPS) is 30.6. The molecule has 1 fully saturated rings. The zero-order chi connectivity index (χ0) is 16.9. The van der Waals surface area contributed by atoms with E-state index in [1.807, 2.05) is 32.0 Å². The van der Waals surface area contributed by atoms with Crippen molar-refractivity contribution < 1.29 is 13.6 Å². The van der Waals surface area contributed by atoms with Crippen molar-refractivity contribution in [3.05, 3.63) is 47.3 Å². The summed E-state index contributed by atoms with van der Waals surface area (Å²) in [6.07, 6.45) is 5.74. The fourth-order valence-electron chi connectivity index (χ4n) is 4.74. The van der Waals surface area contributed by atoms with E-state index in [-0.39, 0.29) is 0 Å². The van der Waals surface area contributed by atoms with E-state index in [1.54, 1.807) is 0 Å². The lowest BCUT2D eigenvalue weighted by molar-refractivity contribution is 0.217. The second kappa shape index (κ2) is 5.87. The molecule has 2 bridgehead atoms. The van der Waals surface area contributed by atoms with Gasteiger partial charge in [0.25, 0.3) is 0 Å². The van der Waals surface area contributed by atoms with Crippen LogP contribution in [0, 0.1) is 23.7 Å². The van der Waals surface area contributed by atoms with Gasteiger partial charge < -0.3 is 14.8 Å². The molecule has 0 spiro atoms. The molecular weight excluding hydrogens is 321 g/mol. The summed E-state index contributed by atoms with van der Waals surface area (Å²) in [5, 5.41) is 0.902. The third kappa shape index (κ3) is 2.24. The third-order valence-electron chi connectivity index (χ3n) is 5.48. The lowest BCUT2D eigenvalue weighted by atomic mass is 9.66. The predicted octanol–water partition coefficient (Wildman–Crippen LogP) is 4.70. The molecular formula is C19H24NO3P. The summed E-state index contributed by atoms with van der Waals surface area (Å²) in [6, 6.07) is 7.87. The van der Waals surface area contributed by atoms with Gasteiger partial charge in [-0.1, -0.05) is 24.3 Å². The number of fused-ring (bicyclic) bond motifs is 5. The van der Waals surface area contributed by atoms with Crippen LogP contribution in [0.3, 0.4) is 0 Å². The predicted molar refractivity (Wildman–Crippen MR) is 96.3 cm³/mol. The van der Waals surface area contributed by atoms with Crippen LogP contribution >= 0.6 is 7.60 Å². The average Bonchev–Trinajstić information content (AvgIpc) is 3.05. The Hall–Kier alpha value is -1.35. The molecule has 4 nitrogen and oxygen atoms in total. The summed E-state index contributed by atoms with van der Waals surface area (Å²) >= 11 is 0. The Labute approximate surface area is 143 Å². The largest absolute Gasteiger partial charge is 0.399 e. The molecule has 0 heterocycles. The summed E-state index contributed by atoms with van der Waals surface area (Å²) in [5.41, 5.74) is 8.93. The van der Waals surface area contributed by atoms with Crippen LogP contribution in [0.2, 0.25) is 0 Å². The highest BCUT2D eigenvalue weighted by molar-refractivity contribution is 7.59. The zero-order valence-corrected chi connectivity index (χ0v) is 15.0. The van der Waals surface area contributed by atoms with Crippen LogP contribution in [0.25, 0.3) is 5.57 Å². The fraction of sp³-hybridized carbons (Fsp3) is 0.474. The minimum Gasteiger partial charge on any atom is -0.399 e. The van der Waals surface area contributed by atoms with E-state index < -0.39 is 7.60 Å². The SMILES string of the molecule is CCOP(=O)(OCC)C1=C(c2cccc(N)c2)[C@@H]2[C@H]1[C@H]1C=C[C@@H]2C1. The van der Waals surface area contributed by atoms with E-state index in [0.717, 1.165) is 28.6 Å². The first-order valence-electron chi connectivity index (χ1n) is 8.77. The zero-order valence-electron chi connectivity index (χ0n) is 14.1. The van der Waals surface area contributed by atoms with Gasteiger partial charge >= 0.3 is 7.60 Å². The van der Waals surface area contributed by atoms with Gasteiger partial charge in [-0.05, 0) is 61.3 Å². The molecule has 1 saturated carbocycles. The average molecular weight is 345 g/mol. The number of allylic oxidation sites excluding steroid dienone is 4. The Bertz CT molecular complexity index is 760. The Balaban J connectivity index is 1.85. The first kappa shape index (κ1) is 16.1. The minimum absolute atomic E-state index is 0.292. The molecule has 4 atom stereocenters. The lowest BCUT2D eigenvalue weighted by Gasteiger charge is -2.45. The first-order chi connectivity index (χ1) is 11.6. The molecule has 1 aromatic rings. The number of anilines is 1. The lowest BCUT2D eigenvalue weighted by Crippen LogP contribution is -2.34. The highest BCUT2D eigenvalue weighted by Crippen LogP contribution is 2.75. The molecule has 24 heavy (non-hydrogen) atoms. The van der Waals surface area contributed by atoms with Crippen LogP contribution in [0.4, 0.5) is 5.69 Å². The highest BCUT2D eigenvalue weighted by atomic mass is 31.2. The number of benzene rings is 1. The summed E-state index contributed by atoms with van der Waals surface area (Å²) in [4.78, 5) is 0. The Morgan fingerprint density at radius 3 is 2.42 bits per heavy atom. The van der Waals surface area contributed by atoms with Crippen molar-refractivity contribution >= 4 is 18.9 Å². The first-order valence-corrected chi connectivity index (χ1v) is 10.3. The van der Waals surface area contributed by atoms with Gasteiger partial charge in [0, 0.05) is 11.6 Å². The summed E-state index contributed by atoms with van der Waals surface area (Å²) < 4.78 is 24.9. The maximum atomic E-state index is 13.5. The van der Waals surface area contributed by atoms with Crippen LogP contribution in [0.15, 0.2) is 41.7 Å². The molecule has 5 heteroatoms. The van der Waals surface area contributed by atoms with E-state index in [9.17, 15) is 4.57 Å². The Morgan fingerprint density at radius 2 is 1.79 bits per heavy atom. The van der Waals surface area contributed by atoms with E-state index in [1.165, 1.54) is 0 Å². The number of rotatable bonds is 6. The minimum atomic E-state index is -3.26. The summed E-state index contributed by atoms with van der Waals surface area (Å²) in [5.74, 6) is 1.72. The van der Waals surface area contributed by atoms with Gasteiger partial charge in [-0.3, -0.25) is 4.57 Å². The van der Waals surface area contributed by atoms with Crippen LogP contribution in [-0.2, 0) is 13.6 Å². The number of nitrogen functional groups attached to an aromatic ring is 1. The summed E-state index contributed by atoms with van der Waals surface area (Å²) in [6.45, 7) is 4.49. The smallest absolute Gasteiger partial charge is 0.357 e. The van der Waals surface area contributed by atoms with E-state index in [4.69, 9.17) is 14.8 Å². The Morgan fingerprint density at radius 1 is 1.12 bits per heavy atom. The quantitative estimate of drug-likeness (QED) is 0.461. The molecule has 0 saturated heterocycles. The van der Waals surface area contributed by atoms with Crippen molar-refractivity contribution in [3.63, 3.8) is 0 Å². The van der Waals surface area contributed by atoms with Gasteiger partial charge in [0.15, 0.2) is 0 Å². The van der Waals surface area contributed by atoms with Gasteiger partial charge in [-0.25, -0.2) is 0 Å². The monoisotopic (exact) mass is 345 g/mol. The van der Waals surface area contributed by atoms with Crippen LogP contribution in [-0.4, -0.2) is 13.2 Å². The topological polar surface area (TPSA) is 61.5 Å². The van der Waals surface area contributed by atoms with Crippen molar-refractivity contribution in [2.75, 3.05) is 18.9 Å². The van der Waals surface area contributed by atoms with Crippen molar-refractivity contribution in [1.29, 1.82) is 0 Å². The number of hydrogen-bond acceptors (Lipinski definition) is 4. The van der Waals surface area contributed by atoms with E-state index >= 15 is 0 Å². The molecule has 3 aliphatic rings. The second-order valence-corrected chi connectivity index (χ2v) is 8.75. The maximum Gasteiger partial charge on any atom is 0.357 e. The second-order valence-electron chi connectivity index (χ2n) is 6.76. The van der Waals surface area contributed by atoms with Gasteiger partial charge in [-0.2, -0.15) is 0 Å². The molecule has 128 valence electrons. The van der Waals surface area contributed by atoms with Crippen molar-refractivity contribution in [1.82, 2.24) is 0 Å².